The second-order valence-corrected chi connectivity index (χ2v) is 5.95. The molecule has 0 aromatic carbocycles. The van der Waals surface area contributed by atoms with Gasteiger partial charge < -0.3 is 5.32 Å². The zero-order valence-electron chi connectivity index (χ0n) is 11.9. The second kappa shape index (κ2) is 6.92. The maximum atomic E-state index is 4.66. The Hall–Kier alpha value is -1.31. The van der Waals surface area contributed by atoms with Crippen molar-refractivity contribution < 1.29 is 0 Å². The van der Waals surface area contributed by atoms with Crippen LogP contribution in [0.2, 0.25) is 0 Å². The van der Waals surface area contributed by atoms with Crippen molar-refractivity contribution >= 4 is 28.4 Å². The van der Waals surface area contributed by atoms with E-state index in [2.05, 4.69) is 68.6 Å². The summed E-state index contributed by atoms with van der Waals surface area (Å²) in [6, 6.07) is 0. The maximum absolute atomic E-state index is 4.66. The molecule has 0 amide bonds. The minimum absolute atomic E-state index is 0.544. The molecule has 0 atom stereocenters. The Morgan fingerprint density at radius 1 is 1.25 bits per heavy atom. The Morgan fingerprint density at radius 2 is 2.05 bits per heavy atom. The van der Waals surface area contributed by atoms with Gasteiger partial charge in [-0.15, -0.1) is 0 Å². The average Bonchev–Trinajstić information content (AvgIpc) is 2.44. The summed E-state index contributed by atoms with van der Waals surface area (Å²) in [5.74, 6) is 2.05. The standard InChI is InChI=1S/C14H18IN5/c1-4-17-14-12(15)10(7-9(2)3)19-13(20-14)11-8-16-5-6-18-11/h5-6,8-9H,4,7H2,1-3H3,(H,17,19,20). The topological polar surface area (TPSA) is 63.6 Å². The van der Waals surface area contributed by atoms with Crippen molar-refractivity contribution in [2.45, 2.75) is 27.2 Å². The lowest BCUT2D eigenvalue weighted by Crippen LogP contribution is -2.10. The van der Waals surface area contributed by atoms with Gasteiger partial charge in [0.2, 0.25) is 0 Å². The fourth-order valence-corrected chi connectivity index (χ4v) is 2.48. The summed E-state index contributed by atoms with van der Waals surface area (Å²) in [7, 11) is 0. The molecule has 2 rings (SSSR count). The van der Waals surface area contributed by atoms with Gasteiger partial charge in [-0.3, -0.25) is 4.98 Å². The van der Waals surface area contributed by atoms with Crippen molar-refractivity contribution in [1.82, 2.24) is 19.9 Å². The van der Waals surface area contributed by atoms with Crippen molar-refractivity contribution in [1.29, 1.82) is 0 Å². The van der Waals surface area contributed by atoms with Crippen molar-refractivity contribution in [3.63, 3.8) is 0 Å². The third-order valence-electron chi connectivity index (χ3n) is 2.66. The van der Waals surface area contributed by atoms with Crippen LogP contribution in [0.5, 0.6) is 0 Å². The molecule has 2 heterocycles. The fraction of sp³-hybridized carbons (Fsp3) is 0.429. The lowest BCUT2D eigenvalue weighted by atomic mass is 10.1. The van der Waals surface area contributed by atoms with E-state index in [0.29, 0.717) is 17.4 Å². The number of rotatable bonds is 5. The van der Waals surface area contributed by atoms with Crippen LogP contribution in [0.3, 0.4) is 0 Å². The normalized spacial score (nSPS) is 10.8. The number of aromatic nitrogens is 4. The Balaban J connectivity index is 2.49. The van der Waals surface area contributed by atoms with E-state index in [-0.39, 0.29) is 0 Å². The monoisotopic (exact) mass is 383 g/mol. The molecule has 2 aromatic heterocycles. The molecule has 0 radical (unpaired) electrons. The van der Waals surface area contributed by atoms with Crippen LogP contribution in [0.15, 0.2) is 18.6 Å². The Kier molecular flexibility index (Phi) is 5.22. The second-order valence-electron chi connectivity index (χ2n) is 4.88. The molecule has 0 aliphatic carbocycles. The Bertz CT molecular complexity index is 571. The predicted molar refractivity (Wildman–Crippen MR) is 88.5 cm³/mol. The van der Waals surface area contributed by atoms with Crippen LogP contribution in [-0.2, 0) is 6.42 Å². The van der Waals surface area contributed by atoms with Gasteiger partial charge in [0.15, 0.2) is 5.82 Å². The fourth-order valence-electron chi connectivity index (χ4n) is 1.83. The van der Waals surface area contributed by atoms with E-state index in [1.165, 1.54) is 0 Å². The quantitative estimate of drug-likeness (QED) is 0.804. The molecule has 0 saturated carbocycles. The van der Waals surface area contributed by atoms with E-state index in [9.17, 15) is 0 Å². The van der Waals surface area contributed by atoms with Crippen molar-refractivity contribution in [3.8, 4) is 11.5 Å². The first-order valence-corrected chi connectivity index (χ1v) is 7.76. The molecule has 0 saturated heterocycles. The summed E-state index contributed by atoms with van der Waals surface area (Å²) in [4.78, 5) is 17.6. The first kappa shape index (κ1) is 15.1. The van der Waals surface area contributed by atoms with E-state index in [1.807, 2.05) is 0 Å². The number of anilines is 1. The van der Waals surface area contributed by atoms with Gasteiger partial charge in [-0.25, -0.2) is 15.0 Å². The number of hydrogen-bond donors (Lipinski definition) is 1. The number of halogens is 1. The van der Waals surface area contributed by atoms with E-state index in [1.54, 1.807) is 18.6 Å². The zero-order valence-corrected chi connectivity index (χ0v) is 14.0. The molecule has 20 heavy (non-hydrogen) atoms. The molecule has 1 N–H and O–H groups in total. The van der Waals surface area contributed by atoms with Gasteiger partial charge in [0.25, 0.3) is 0 Å². The van der Waals surface area contributed by atoms with Crippen LogP contribution in [0.4, 0.5) is 5.82 Å². The lowest BCUT2D eigenvalue weighted by Gasteiger charge is -2.13. The highest BCUT2D eigenvalue weighted by Crippen LogP contribution is 2.24. The van der Waals surface area contributed by atoms with Gasteiger partial charge in [0, 0.05) is 18.9 Å². The molecular weight excluding hydrogens is 365 g/mol. The number of hydrogen-bond acceptors (Lipinski definition) is 5. The summed E-state index contributed by atoms with van der Waals surface area (Å²) in [6.45, 7) is 7.26. The third kappa shape index (κ3) is 3.62. The van der Waals surface area contributed by atoms with Crippen molar-refractivity contribution in [3.05, 3.63) is 27.9 Å². The highest BCUT2D eigenvalue weighted by molar-refractivity contribution is 14.1. The number of nitrogens with one attached hydrogen (secondary N) is 1. The molecule has 5 nitrogen and oxygen atoms in total. The largest absolute Gasteiger partial charge is 0.369 e. The Labute approximate surface area is 132 Å². The molecule has 0 bridgehead atoms. The molecule has 106 valence electrons. The molecule has 0 fully saturated rings. The summed E-state index contributed by atoms with van der Waals surface area (Å²) in [5.41, 5.74) is 1.76. The third-order valence-corrected chi connectivity index (χ3v) is 3.79. The van der Waals surface area contributed by atoms with Gasteiger partial charge >= 0.3 is 0 Å². The molecular formula is C14H18IN5. The molecule has 0 spiro atoms. The van der Waals surface area contributed by atoms with Gasteiger partial charge in [-0.05, 0) is 41.9 Å². The van der Waals surface area contributed by atoms with E-state index < -0.39 is 0 Å². The summed E-state index contributed by atoms with van der Waals surface area (Å²) in [5, 5.41) is 3.29. The minimum Gasteiger partial charge on any atom is -0.369 e. The molecule has 2 aromatic rings. The smallest absolute Gasteiger partial charge is 0.182 e. The Morgan fingerprint density at radius 3 is 2.65 bits per heavy atom. The van der Waals surface area contributed by atoms with Gasteiger partial charge in [-0.1, -0.05) is 13.8 Å². The maximum Gasteiger partial charge on any atom is 0.182 e. The highest BCUT2D eigenvalue weighted by atomic mass is 127. The molecule has 0 aliphatic rings. The van der Waals surface area contributed by atoms with E-state index >= 15 is 0 Å². The molecule has 6 heteroatoms. The number of nitrogens with zero attached hydrogens (tertiary/aromatic N) is 4. The predicted octanol–water partition coefficient (Wildman–Crippen LogP) is 3.17. The van der Waals surface area contributed by atoms with E-state index in [0.717, 1.165) is 28.0 Å². The van der Waals surface area contributed by atoms with Crippen molar-refractivity contribution in [2.75, 3.05) is 11.9 Å². The SMILES string of the molecule is CCNc1nc(-c2cnccn2)nc(CC(C)C)c1I. The average molecular weight is 383 g/mol. The first-order chi connectivity index (χ1) is 9.61. The van der Waals surface area contributed by atoms with Crippen LogP contribution in [-0.4, -0.2) is 26.5 Å². The first-order valence-electron chi connectivity index (χ1n) is 6.68. The van der Waals surface area contributed by atoms with Crippen LogP contribution < -0.4 is 5.32 Å². The summed E-state index contributed by atoms with van der Waals surface area (Å²) in [6.07, 6.45) is 5.92. The summed E-state index contributed by atoms with van der Waals surface area (Å²) < 4.78 is 1.09. The van der Waals surface area contributed by atoms with Gasteiger partial charge in [-0.2, -0.15) is 0 Å². The highest BCUT2D eigenvalue weighted by Gasteiger charge is 2.14. The van der Waals surface area contributed by atoms with Crippen LogP contribution in [0.1, 0.15) is 26.5 Å². The molecule has 0 aliphatic heterocycles. The minimum atomic E-state index is 0.544. The van der Waals surface area contributed by atoms with Gasteiger partial charge in [0.05, 0.1) is 15.5 Å². The van der Waals surface area contributed by atoms with Crippen molar-refractivity contribution in [2.24, 2.45) is 5.92 Å². The zero-order chi connectivity index (χ0) is 14.5. The lowest BCUT2D eigenvalue weighted by molar-refractivity contribution is 0.632. The summed E-state index contributed by atoms with van der Waals surface area (Å²) >= 11 is 2.31. The van der Waals surface area contributed by atoms with Crippen LogP contribution in [0, 0.1) is 9.49 Å². The van der Waals surface area contributed by atoms with E-state index in [4.69, 9.17) is 0 Å². The van der Waals surface area contributed by atoms with Crippen LogP contribution in [0.25, 0.3) is 11.5 Å². The van der Waals surface area contributed by atoms with Gasteiger partial charge in [0.1, 0.15) is 11.5 Å². The van der Waals surface area contributed by atoms with Crippen LogP contribution >= 0.6 is 22.6 Å². The molecule has 0 unspecified atom stereocenters.